The normalized spacial score (nSPS) is 23.4. The molecule has 21 heavy (non-hydrogen) atoms. The molecule has 1 aromatic carbocycles. The molecule has 1 amide bonds. The summed E-state index contributed by atoms with van der Waals surface area (Å²) < 4.78 is 0. The first kappa shape index (κ1) is 15.5. The quantitative estimate of drug-likeness (QED) is 0.740. The second-order valence-electron chi connectivity index (χ2n) is 5.66. The Morgan fingerprint density at radius 1 is 1.19 bits per heavy atom. The van der Waals surface area contributed by atoms with Crippen molar-refractivity contribution in [3.05, 3.63) is 35.9 Å². The maximum absolute atomic E-state index is 11.4. The zero-order valence-corrected chi connectivity index (χ0v) is 12.0. The monoisotopic (exact) mass is 290 g/mol. The molecule has 2 rings (SSSR count). The van der Waals surface area contributed by atoms with Gasteiger partial charge in [-0.25, -0.2) is 0 Å². The highest BCUT2D eigenvalue weighted by Gasteiger charge is 2.26. The Morgan fingerprint density at radius 3 is 2.33 bits per heavy atom. The highest BCUT2D eigenvalue weighted by atomic mass is 16.4. The van der Waals surface area contributed by atoms with Gasteiger partial charge in [-0.15, -0.1) is 0 Å². The number of hydrogen-bond donors (Lipinski definition) is 3. The van der Waals surface area contributed by atoms with E-state index in [9.17, 15) is 14.7 Å². The third-order valence-corrected chi connectivity index (χ3v) is 4.24. The predicted molar refractivity (Wildman–Crippen MR) is 79.8 cm³/mol. The molecule has 0 saturated heterocycles. The largest absolute Gasteiger partial charge is 0.481 e. The number of carboxylic acids is 1. The number of amides is 1. The van der Waals surface area contributed by atoms with Gasteiger partial charge in [-0.05, 0) is 31.2 Å². The van der Waals surface area contributed by atoms with E-state index in [1.165, 1.54) is 0 Å². The van der Waals surface area contributed by atoms with E-state index in [4.69, 9.17) is 5.73 Å². The fourth-order valence-electron chi connectivity index (χ4n) is 2.90. The van der Waals surface area contributed by atoms with Gasteiger partial charge in [-0.2, -0.15) is 0 Å². The Labute approximate surface area is 124 Å². The van der Waals surface area contributed by atoms with Gasteiger partial charge in [0.25, 0.3) is 0 Å². The van der Waals surface area contributed by atoms with Crippen molar-refractivity contribution in [2.75, 3.05) is 6.54 Å². The van der Waals surface area contributed by atoms with Crippen LogP contribution in [0.1, 0.15) is 37.2 Å². The summed E-state index contributed by atoms with van der Waals surface area (Å²) in [6.07, 6.45) is 3.32. The van der Waals surface area contributed by atoms with Crippen molar-refractivity contribution < 1.29 is 14.7 Å². The minimum Gasteiger partial charge on any atom is -0.481 e. The van der Waals surface area contributed by atoms with Crippen LogP contribution in [0, 0.1) is 5.92 Å². The standard InChI is InChI=1S/C16H22N2O3/c17-15(19)12-6-8-13(9-7-12)18-10-14(16(20)21)11-4-2-1-3-5-11/h1-5,12-14,18H,6-10H2,(H2,17,19)(H,20,21). The van der Waals surface area contributed by atoms with Gasteiger partial charge in [-0.3, -0.25) is 9.59 Å². The van der Waals surface area contributed by atoms with E-state index in [-0.39, 0.29) is 17.9 Å². The van der Waals surface area contributed by atoms with Crippen LogP contribution in [0.4, 0.5) is 0 Å². The molecule has 1 unspecified atom stereocenters. The number of carboxylic acid groups (broad SMARTS) is 1. The highest BCUT2D eigenvalue weighted by Crippen LogP contribution is 2.24. The SMILES string of the molecule is NC(=O)C1CCC(NCC(C(=O)O)c2ccccc2)CC1. The minimum atomic E-state index is -0.820. The lowest BCUT2D eigenvalue weighted by molar-refractivity contribution is -0.138. The number of aliphatic carboxylic acids is 1. The van der Waals surface area contributed by atoms with Crippen molar-refractivity contribution in [1.29, 1.82) is 0 Å². The number of carbonyl (C=O) groups excluding carboxylic acids is 1. The molecule has 5 heteroatoms. The molecule has 1 fully saturated rings. The summed E-state index contributed by atoms with van der Waals surface area (Å²) in [4.78, 5) is 22.5. The molecule has 0 aromatic heterocycles. The molecule has 0 aliphatic heterocycles. The zero-order valence-electron chi connectivity index (χ0n) is 12.0. The van der Waals surface area contributed by atoms with Crippen molar-refractivity contribution in [2.24, 2.45) is 11.7 Å². The van der Waals surface area contributed by atoms with Crippen LogP contribution in [0.2, 0.25) is 0 Å². The van der Waals surface area contributed by atoms with E-state index in [0.29, 0.717) is 6.54 Å². The van der Waals surface area contributed by atoms with E-state index in [0.717, 1.165) is 31.2 Å². The van der Waals surface area contributed by atoms with Crippen LogP contribution in [-0.4, -0.2) is 29.6 Å². The maximum Gasteiger partial charge on any atom is 0.312 e. The smallest absolute Gasteiger partial charge is 0.312 e. The average Bonchev–Trinajstić information content (AvgIpc) is 2.48. The lowest BCUT2D eigenvalue weighted by Crippen LogP contribution is -2.39. The summed E-state index contributed by atoms with van der Waals surface area (Å²) in [6, 6.07) is 9.52. The molecule has 0 spiro atoms. The number of hydrogen-bond acceptors (Lipinski definition) is 3. The topological polar surface area (TPSA) is 92.4 Å². The number of nitrogens with one attached hydrogen (secondary N) is 1. The van der Waals surface area contributed by atoms with Gasteiger partial charge in [0.15, 0.2) is 0 Å². The van der Waals surface area contributed by atoms with E-state index in [2.05, 4.69) is 5.32 Å². The van der Waals surface area contributed by atoms with Crippen LogP contribution in [0.3, 0.4) is 0 Å². The van der Waals surface area contributed by atoms with Crippen molar-refractivity contribution in [2.45, 2.75) is 37.6 Å². The fourth-order valence-corrected chi connectivity index (χ4v) is 2.90. The zero-order chi connectivity index (χ0) is 15.2. The molecule has 1 aliphatic rings. The van der Waals surface area contributed by atoms with Crippen LogP contribution in [-0.2, 0) is 9.59 Å². The van der Waals surface area contributed by atoms with E-state index >= 15 is 0 Å². The van der Waals surface area contributed by atoms with Gasteiger partial charge in [0.2, 0.25) is 5.91 Å². The first-order chi connectivity index (χ1) is 10.1. The third-order valence-electron chi connectivity index (χ3n) is 4.24. The van der Waals surface area contributed by atoms with E-state index in [1.54, 1.807) is 0 Å². The molecule has 1 aliphatic carbocycles. The van der Waals surface area contributed by atoms with E-state index < -0.39 is 11.9 Å². The Hall–Kier alpha value is -1.88. The van der Waals surface area contributed by atoms with Gasteiger partial charge < -0.3 is 16.2 Å². The number of carbonyl (C=O) groups is 2. The molecule has 0 radical (unpaired) electrons. The molecule has 0 bridgehead atoms. The van der Waals surface area contributed by atoms with Gasteiger partial charge >= 0.3 is 5.97 Å². The Bertz CT molecular complexity index is 482. The number of benzene rings is 1. The molecule has 4 N–H and O–H groups in total. The van der Waals surface area contributed by atoms with E-state index in [1.807, 2.05) is 30.3 Å². The fraction of sp³-hybridized carbons (Fsp3) is 0.500. The summed E-state index contributed by atoms with van der Waals surface area (Å²) in [5.74, 6) is -1.60. The molecule has 0 heterocycles. The first-order valence-corrected chi connectivity index (χ1v) is 7.38. The summed E-state index contributed by atoms with van der Waals surface area (Å²) in [7, 11) is 0. The summed E-state index contributed by atoms with van der Waals surface area (Å²) in [6.45, 7) is 0.408. The Morgan fingerprint density at radius 2 is 1.81 bits per heavy atom. The average molecular weight is 290 g/mol. The molecule has 1 aromatic rings. The second-order valence-corrected chi connectivity index (χ2v) is 5.66. The van der Waals surface area contributed by atoms with Gasteiger partial charge in [0.05, 0.1) is 5.92 Å². The molecule has 1 saturated carbocycles. The molecule has 5 nitrogen and oxygen atoms in total. The lowest BCUT2D eigenvalue weighted by Gasteiger charge is -2.28. The number of rotatable bonds is 6. The first-order valence-electron chi connectivity index (χ1n) is 7.38. The van der Waals surface area contributed by atoms with Crippen LogP contribution in [0.5, 0.6) is 0 Å². The molecular weight excluding hydrogens is 268 g/mol. The van der Waals surface area contributed by atoms with Crippen LogP contribution < -0.4 is 11.1 Å². The van der Waals surface area contributed by atoms with Crippen molar-refractivity contribution >= 4 is 11.9 Å². The number of nitrogens with two attached hydrogens (primary N) is 1. The van der Waals surface area contributed by atoms with Crippen molar-refractivity contribution in [3.63, 3.8) is 0 Å². The Balaban J connectivity index is 1.86. The third kappa shape index (κ3) is 4.29. The number of primary amides is 1. The van der Waals surface area contributed by atoms with Crippen LogP contribution in [0.15, 0.2) is 30.3 Å². The maximum atomic E-state index is 11.4. The van der Waals surface area contributed by atoms with Crippen molar-refractivity contribution in [3.8, 4) is 0 Å². The lowest BCUT2D eigenvalue weighted by atomic mass is 9.85. The van der Waals surface area contributed by atoms with Crippen molar-refractivity contribution in [1.82, 2.24) is 5.32 Å². The summed E-state index contributed by atoms with van der Waals surface area (Å²) in [5, 5.41) is 12.7. The Kier molecular flexibility index (Phi) is 5.33. The molecule has 1 atom stereocenters. The predicted octanol–water partition coefficient (Wildman–Crippen LogP) is 1.49. The summed E-state index contributed by atoms with van der Waals surface area (Å²) in [5.41, 5.74) is 6.12. The van der Waals surface area contributed by atoms with Gasteiger partial charge in [0, 0.05) is 18.5 Å². The second kappa shape index (κ2) is 7.22. The van der Waals surface area contributed by atoms with Gasteiger partial charge in [0.1, 0.15) is 0 Å². The highest BCUT2D eigenvalue weighted by molar-refractivity contribution is 5.77. The van der Waals surface area contributed by atoms with Crippen LogP contribution in [0.25, 0.3) is 0 Å². The minimum absolute atomic E-state index is 0.0209. The van der Waals surface area contributed by atoms with Crippen LogP contribution >= 0.6 is 0 Å². The molecular formula is C16H22N2O3. The molecule has 114 valence electrons. The van der Waals surface area contributed by atoms with Gasteiger partial charge in [-0.1, -0.05) is 30.3 Å². The summed E-state index contributed by atoms with van der Waals surface area (Å²) >= 11 is 0.